The van der Waals surface area contributed by atoms with Crippen LogP contribution in [-0.2, 0) is 30.1 Å². The highest BCUT2D eigenvalue weighted by atomic mass is 28.4. The molecule has 8 heteroatoms. The summed E-state index contributed by atoms with van der Waals surface area (Å²) >= 11 is 0. The van der Waals surface area contributed by atoms with Gasteiger partial charge in [0.05, 0.1) is 19.3 Å². The van der Waals surface area contributed by atoms with Crippen molar-refractivity contribution in [3.8, 4) is 0 Å². The van der Waals surface area contributed by atoms with Gasteiger partial charge in [0.25, 0.3) is 8.32 Å². The number of aliphatic hydroxyl groups excluding tert-OH is 1. The lowest BCUT2D eigenvalue weighted by atomic mass is 9.96. The van der Waals surface area contributed by atoms with Crippen molar-refractivity contribution in [3.05, 3.63) is 96.6 Å². The van der Waals surface area contributed by atoms with Gasteiger partial charge in [-0.15, -0.1) is 0 Å². The van der Waals surface area contributed by atoms with Gasteiger partial charge >= 0.3 is 0 Å². The molecule has 2 unspecified atom stereocenters. The first-order valence-corrected chi connectivity index (χ1v) is 16.6. The summed E-state index contributed by atoms with van der Waals surface area (Å²) in [6.07, 6.45) is 1.35. The molecule has 42 heavy (non-hydrogen) atoms. The lowest BCUT2D eigenvalue weighted by Crippen LogP contribution is -2.66. The maximum Gasteiger partial charge on any atom is 0.261 e. The van der Waals surface area contributed by atoms with Crippen molar-refractivity contribution in [2.24, 2.45) is 5.92 Å². The molecule has 0 radical (unpaired) electrons. The Labute approximate surface area is 252 Å². The molecule has 0 heterocycles. The number of ether oxygens (including phenoxy) is 2. The van der Waals surface area contributed by atoms with E-state index in [9.17, 15) is 9.90 Å². The number of hydrogen-bond acceptors (Lipinski definition) is 6. The van der Waals surface area contributed by atoms with Gasteiger partial charge in [-0.3, -0.25) is 9.63 Å². The number of carbonyl (C=O) groups excluding carboxylic acids is 1. The van der Waals surface area contributed by atoms with E-state index in [-0.39, 0.29) is 24.3 Å². The zero-order valence-electron chi connectivity index (χ0n) is 25.5. The van der Waals surface area contributed by atoms with Crippen molar-refractivity contribution in [2.45, 2.75) is 64.2 Å². The fourth-order valence-electron chi connectivity index (χ4n) is 5.27. The number of amides is 1. The molecule has 1 amide bonds. The van der Waals surface area contributed by atoms with Crippen LogP contribution in [0.3, 0.4) is 0 Å². The SMILES string of the molecule is COCOCCC(O)CCC(CCO[Si](c1ccccc1)(c1ccccc1)C(C)(C)C)C(=O)NOCc1ccccc1. The highest BCUT2D eigenvalue weighted by Crippen LogP contribution is 2.37. The Morgan fingerprint density at radius 3 is 1.93 bits per heavy atom. The van der Waals surface area contributed by atoms with E-state index in [4.69, 9.17) is 18.7 Å². The third-order valence-electron chi connectivity index (χ3n) is 7.47. The van der Waals surface area contributed by atoms with Crippen LogP contribution < -0.4 is 15.9 Å². The van der Waals surface area contributed by atoms with Crippen molar-refractivity contribution in [1.29, 1.82) is 0 Å². The van der Waals surface area contributed by atoms with Gasteiger partial charge < -0.3 is 19.0 Å². The quantitative estimate of drug-likeness (QED) is 0.0938. The van der Waals surface area contributed by atoms with Gasteiger partial charge in [0.15, 0.2) is 0 Å². The van der Waals surface area contributed by atoms with E-state index in [1.807, 2.05) is 42.5 Å². The molecule has 0 saturated heterocycles. The minimum absolute atomic E-state index is 0.162. The third-order valence-corrected chi connectivity index (χ3v) is 12.5. The van der Waals surface area contributed by atoms with Gasteiger partial charge in [0.1, 0.15) is 6.79 Å². The molecule has 0 aromatic heterocycles. The minimum Gasteiger partial charge on any atom is -0.407 e. The molecule has 2 atom stereocenters. The maximum absolute atomic E-state index is 13.3. The fraction of sp³-hybridized carbons (Fsp3) is 0.441. The van der Waals surface area contributed by atoms with Crippen LogP contribution >= 0.6 is 0 Å². The minimum atomic E-state index is -2.73. The van der Waals surface area contributed by atoms with Crippen LogP contribution in [0.4, 0.5) is 0 Å². The highest BCUT2D eigenvalue weighted by Gasteiger charge is 2.50. The molecule has 0 aliphatic carbocycles. The standard InChI is InChI=1S/C34H47NO6Si/c1-34(2,3)42(31-16-10-6-11-17-31,32-18-12-7-13-19-32)41-25-22-29(20-21-30(36)23-24-39-27-38-4)33(37)35-40-26-28-14-8-5-9-15-28/h5-19,29-30,36H,20-27H2,1-4H3,(H,35,37). The molecule has 2 N–H and O–H groups in total. The lowest BCUT2D eigenvalue weighted by Gasteiger charge is -2.43. The Kier molecular flexibility index (Phi) is 13.9. The number of rotatable bonds is 18. The topological polar surface area (TPSA) is 86.3 Å². The number of hydroxylamine groups is 1. The van der Waals surface area contributed by atoms with Crippen molar-refractivity contribution >= 4 is 24.6 Å². The molecular formula is C34H47NO6Si. The van der Waals surface area contributed by atoms with Crippen molar-refractivity contribution in [3.63, 3.8) is 0 Å². The van der Waals surface area contributed by atoms with E-state index in [0.717, 1.165) is 5.56 Å². The molecule has 3 aromatic rings. The van der Waals surface area contributed by atoms with E-state index >= 15 is 0 Å². The molecular weight excluding hydrogens is 546 g/mol. The molecule has 0 bridgehead atoms. The first kappa shape index (κ1) is 33.6. The molecule has 3 aromatic carbocycles. The first-order valence-electron chi connectivity index (χ1n) is 14.7. The molecule has 0 saturated carbocycles. The van der Waals surface area contributed by atoms with E-state index in [1.54, 1.807) is 7.11 Å². The van der Waals surface area contributed by atoms with Crippen LogP contribution in [0.25, 0.3) is 0 Å². The normalized spacial score (nSPS) is 13.5. The Morgan fingerprint density at radius 1 is 0.810 bits per heavy atom. The van der Waals surface area contributed by atoms with E-state index < -0.39 is 20.3 Å². The summed E-state index contributed by atoms with van der Waals surface area (Å²) in [6.45, 7) is 7.97. The lowest BCUT2D eigenvalue weighted by molar-refractivity contribution is -0.139. The Balaban J connectivity index is 1.74. The summed E-state index contributed by atoms with van der Waals surface area (Å²) in [7, 11) is -1.17. The fourth-order valence-corrected chi connectivity index (χ4v) is 9.85. The predicted octanol–water partition coefficient (Wildman–Crippen LogP) is 4.97. The van der Waals surface area contributed by atoms with E-state index in [0.29, 0.717) is 38.9 Å². The average molecular weight is 594 g/mol. The number of hydrogen-bond donors (Lipinski definition) is 2. The first-order chi connectivity index (χ1) is 20.3. The molecule has 7 nitrogen and oxygen atoms in total. The van der Waals surface area contributed by atoms with Gasteiger partial charge in [-0.1, -0.05) is 112 Å². The summed E-state index contributed by atoms with van der Waals surface area (Å²) in [4.78, 5) is 18.9. The molecule has 0 aliphatic rings. The molecule has 0 fully saturated rings. The van der Waals surface area contributed by atoms with Gasteiger partial charge in [0.2, 0.25) is 5.91 Å². The zero-order valence-corrected chi connectivity index (χ0v) is 26.5. The largest absolute Gasteiger partial charge is 0.407 e. The number of aliphatic hydroxyl groups is 1. The summed E-state index contributed by atoms with van der Waals surface area (Å²) < 4.78 is 17.3. The Hall–Kier alpha value is -2.85. The summed E-state index contributed by atoms with van der Waals surface area (Å²) in [6, 6.07) is 30.6. The summed E-state index contributed by atoms with van der Waals surface area (Å²) in [5.74, 6) is -0.603. The van der Waals surface area contributed by atoms with Gasteiger partial charge in [-0.25, -0.2) is 5.48 Å². The molecule has 0 aliphatic heterocycles. The van der Waals surface area contributed by atoms with Gasteiger partial charge in [-0.2, -0.15) is 0 Å². The number of nitrogens with one attached hydrogen (secondary N) is 1. The number of methoxy groups -OCH3 is 1. The second-order valence-electron chi connectivity index (χ2n) is 11.6. The smallest absolute Gasteiger partial charge is 0.261 e. The second kappa shape index (κ2) is 17.3. The maximum atomic E-state index is 13.3. The van der Waals surface area contributed by atoms with Gasteiger partial charge in [-0.05, 0) is 46.7 Å². The number of benzene rings is 3. The Morgan fingerprint density at radius 2 is 1.38 bits per heavy atom. The van der Waals surface area contributed by atoms with Crippen molar-refractivity contribution in [1.82, 2.24) is 5.48 Å². The summed E-state index contributed by atoms with van der Waals surface area (Å²) in [5, 5.41) is 12.8. The number of carbonyl (C=O) groups is 1. The molecule has 3 rings (SSSR count). The van der Waals surface area contributed by atoms with Crippen LogP contribution in [-0.4, -0.2) is 52.6 Å². The van der Waals surface area contributed by atoms with Crippen LogP contribution in [0.5, 0.6) is 0 Å². The summed E-state index contributed by atoms with van der Waals surface area (Å²) in [5.41, 5.74) is 3.62. The van der Waals surface area contributed by atoms with Crippen LogP contribution in [0, 0.1) is 5.92 Å². The van der Waals surface area contributed by atoms with Crippen LogP contribution in [0.1, 0.15) is 52.0 Å². The molecule has 228 valence electrons. The third kappa shape index (κ3) is 9.86. The van der Waals surface area contributed by atoms with Crippen molar-refractivity contribution < 1.29 is 28.6 Å². The van der Waals surface area contributed by atoms with Crippen molar-refractivity contribution in [2.75, 3.05) is 27.1 Å². The van der Waals surface area contributed by atoms with E-state index in [1.165, 1.54) is 10.4 Å². The van der Waals surface area contributed by atoms with Gasteiger partial charge in [0, 0.05) is 19.6 Å². The average Bonchev–Trinajstić information content (AvgIpc) is 3.00. The van der Waals surface area contributed by atoms with Crippen LogP contribution in [0.15, 0.2) is 91.0 Å². The Bertz CT molecular complexity index is 1120. The molecule has 0 spiro atoms. The van der Waals surface area contributed by atoms with E-state index in [2.05, 4.69) is 74.8 Å². The highest BCUT2D eigenvalue weighted by molar-refractivity contribution is 6.99. The predicted molar refractivity (Wildman–Crippen MR) is 169 cm³/mol. The zero-order chi connectivity index (χ0) is 30.3. The van der Waals surface area contributed by atoms with Crippen LogP contribution in [0.2, 0.25) is 5.04 Å². The monoisotopic (exact) mass is 593 g/mol. The second-order valence-corrected chi connectivity index (χ2v) is 15.9.